The van der Waals surface area contributed by atoms with Crippen LogP contribution in [0.3, 0.4) is 0 Å². The van der Waals surface area contributed by atoms with Gasteiger partial charge in [0, 0.05) is 14.2 Å². The van der Waals surface area contributed by atoms with Crippen molar-refractivity contribution in [3.8, 4) is 12.0 Å². The SMILES string of the molecule is C=C/C=C\CC.C=CC.CC(C)COC=O.COCCOc1nc(N)c2nc(OC)n(C)c2n1. The molecule has 10 nitrogen and oxygen atoms in total. The number of nitrogens with two attached hydrogens (primary N) is 1. The zero-order valence-corrected chi connectivity index (χ0v) is 21.6. The van der Waals surface area contributed by atoms with Crippen LogP contribution in [0.5, 0.6) is 12.0 Å². The number of fused-ring (bicyclic) bond motifs is 1. The molecule has 2 heterocycles. The number of anilines is 1. The number of carbonyl (C=O) groups is 1. The van der Waals surface area contributed by atoms with Crippen LogP contribution in [-0.2, 0) is 21.3 Å². The molecule has 0 amide bonds. The van der Waals surface area contributed by atoms with E-state index in [4.69, 9.17) is 19.9 Å². The lowest BCUT2D eigenvalue weighted by Crippen LogP contribution is -2.08. The summed E-state index contributed by atoms with van der Waals surface area (Å²) in [6, 6.07) is 0.614. The van der Waals surface area contributed by atoms with E-state index in [9.17, 15) is 4.79 Å². The summed E-state index contributed by atoms with van der Waals surface area (Å²) in [5.74, 6) is 0.705. The van der Waals surface area contributed by atoms with Crippen LogP contribution in [-0.4, -0.2) is 60.0 Å². The molecule has 0 bridgehead atoms. The van der Waals surface area contributed by atoms with Gasteiger partial charge in [-0.2, -0.15) is 15.0 Å². The molecule has 0 atom stereocenters. The number of nitrogen functional groups attached to an aromatic ring is 1. The maximum Gasteiger partial charge on any atom is 0.320 e. The van der Waals surface area contributed by atoms with Crippen LogP contribution in [0.25, 0.3) is 11.2 Å². The Balaban J connectivity index is 0. The van der Waals surface area contributed by atoms with Crippen molar-refractivity contribution in [1.82, 2.24) is 19.5 Å². The zero-order chi connectivity index (χ0) is 26.4. The van der Waals surface area contributed by atoms with Crippen LogP contribution in [0.1, 0.15) is 34.1 Å². The van der Waals surface area contributed by atoms with Gasteiger partial charge in [-0.1, -0.05) is 51.7 Å². The average molecular weight is 480 g/mol. The normalized spacial score (nSPS) is 9.65. The summed E-state index contributed by atoms with van der Waals surface area (Å²) in [5, 5.41) is 0. The van der Waals surface area contributed by atoms with Gasteiger partial charge in [0.05, 0.1) is 20.3 Å². The number of methoxy groups -OCH3 is 2. The zero-order valence-electron chi connectivity index (χ0n) is 21.6. The maximum atomic E-state index is 9.49. The summed E-state index contributed by atoms with van der Waals surface area (Å²) in [6.07, 6.45) is 8.64. The quantitative estimate of drug-likeness (QED) is 0.232. The molecule has 2 rings (SSSR count). The molecule has 0 aliphatic carbocycles. The standard InChI is InChI=1S/C10H15N5O3.C6H10.C5H10O2.C3H6/c1-15-8-6(12-10(15)17-3)7(11)13-9(14-8)18-5-4-16-2;1-3-5-6-4-2;1-5(2)3-7-4-6;1-3-2/h4-5H2,1-3H3,(H2,11,13,14);3,5-6H,1,4H2,2H3;4-5H,3H2,1-2H3;3H,1H2,2H3/b;6-5-;;. The highest BCUT2D eigenvalue weighted by atomic mass is 16.5. The Hall–Kier alpha value is -3.40. The van der Waals surface area contributed by atoms with Gasteiger partial charge in [-0.05, 0) is 19.3 Å². The highest BCUT2D eigenvalue weighted by molar-refractivity contribution is 5.83. The number of imidazole rings is 1. The van der Waals surface area contributed by atoms with E-state index < -0.39 is 0 Å². The number of hydrogen-bond donors (Lipinski definition) is 1. The van der Waals surface area contributed by atoms with Gasteiger partial charge in [-0.25, -0.2) is 0 Å². The van der Waals surface area contributed by atoms with E-state index in [1.807, 2.05) is 26.8 Å². The smallest absolute Gasteiger partial charge is 0.320 e. The predicted molar refractivity (Wildman–Crippen MR) is 137 cm³/mol. The molecule has 0 aliphatic rings. The van der Waals surface area contributed by atoms with E-state index >= 15 is 0 Å². The van der Waals surface area contributed by atoms with Crippen molar-refractivity contribution in [3.05, 3.63) is 37.5 Å². The van der Waals surface area contributed by atoms with Gasteiger partial charge in [-0.3, -0.25) is 9.36 Å². The van der Waals surface area contributed by atoms with Crippen LogP contribution in [0.15, 0.2) is 37.5 Å². The number of nitrogens with zero attached hydrogens (tertiary/aromatic N) is 4. The van der Waals surface area contributed by atoms with E-state index in [1.54, 1.807) is 30.9 Å². The van der Waals surface area contributed by atoms with Gasteiger partial charge in [-0.15, -0.1) is 6.58 Å². The second-order valence-corrected chi connectivity index (χ2v) is 6.87. The first kappa shape index (κ1) is 32.8. The van der Waals surface area contributed by atoms with Crippen LogP contribution in [0.4, 0.5) is 5.82 Å². The van der Waals surface area contributed by atoms with E-state index in [-0.39, 0.29) is 11.8 Å². The molecule has 2 aromatic rings. The lowest BCUT2D eigenvalue weighted by atomic mass is 10.2. The first-order chi connectivity index (χ1) is 16.3. The molecular weight excluding hydrogens is 438 g/mol. The Kier molecular flexibility index (Phi) is 20.7. The predicted octanol–water partition coefficient (Wildman–Crippen LogP) is 4.13. The van der Waals surface area contributed by atoms with Gasteiger partial charge in [0.25, 0.3) is 12.5 Å². The lowest BCUT2D eigenvalue weighted by molar-refractivity contribution is -0.129. The Morgan fingerprint density at radius 2 is 1.79 bits per heavy atom. The second kappa shape index (κ2) is 21.4. The fourth-order valence-corrected chi connectivity index (χ4v) is 1.97. The van der Waals surface area contributed by atoms with Gasteiger partial charge < -0.3 is 24.7 Å². The van der Waals surface area contributed by atoms with Crippen molar-refractivity contribution < 1.29 is 23.7 Å². The highest BCUT2D eigenvalue weighted by Crippen LogP contribution is 2.23. The molecule has 0 saturated carbocycles. The molecule has 192 valence electrons. The monoisotopic (exact) mass is 479 g/mol. The molecule has 0 fully saturated rings. The van der Waals surface area contributed by atoms with Gasteiger partial charge >= 0.3 is 6.01 Å². The molecule has 2 aromatic heterocycles. The maximum absolute atomic E-state index is 9.49. The number of rotatable bonds is 10. The number of ether oxygens (including phenoxy) is 4. The number of allylic oxidation sites excluding steroid dienone is 4. The average Bonchev–Trinajstić information content (AvgIpc) is 3.14. The van der Waals surface area contributed by atoms with Crippen LogP contribution < -0.4 is 15.2 Å². The lowest BCUT2D eigenvalue weighted by Gasteiger charge is -2.04. The summed E-state index contributed by atoms with van der Waals surface area (Å²) in [4.78, 5) is 21.9. The minimum atomic E-state index is 0.197. The summed E-state index contributed by atoms with van der Waals surface area (Å²) in [7, 11) is 4.90. The molecule has 0 radical (unpaired) electrons. The number of aryl methyl sites for hydroxylation is 1. The third-order valence-electron chi connectivity index (χ3n) is 3.39. The number of carbonyl (C=O) groups excluding carboxylic acids is 1. The first-order valence-electron chi connectivity index (χ1n) is 10.8. The molecule has 0 aromatic carbocycles. The fraction of sp³-hybridized carbons (Fsp3) is 0.500. The fourth-order valence-electron chi connectivity index (χ4n) is 1.97. The highest BCUT2D eigenvalue weighted by Gasteiger charge is 2.15. The summed E-state index contributed by atoms with van der Waals surface area (Å²) in [6.45, 7) is 16.7. The van der Waals surface area contributed by atoms with Crippen LogP contribution in [0, 0.1) is 5.92 Å². The molecule has 0 spiro atoms. The van der Waals surface area contributed by atoms with Crippen molar-refractivity contribution >= 4 is 23.5 Å². The third-order valence-corrected chi connectivity index (χ3v) is 3.39. The Labute approximate surface area is 203 Å². The number of aromatic nitrogens is 4. The molecule has 0 unspecified atom stereocenters. The Morgan fingerprint density at radius 3 is 2.21 bits per heavy atom. The van der Waals surface area contributed by atoms with Gasteiger partial charge in [0.2, 0.25) is 0 Å². The molecule has 34 heavy (non-hydrogen) atoms. The van der Waals surface area contributed by atoms with Gasteiger partial charge in [0.15, 0.2) is 17.0 Å². The molecule has 0 aliphatic heterocycles. The molecule has 0 saturated heterocycles. The van der Waals surface area contributed by atoms with Crippen LogP contribution >= 0.6 is 0 Å². The minimum Gasteiger partial charge on any atom is -0.468 e. The van der Waals surface area contributed by atoms with Gasteiger partial charge in [0.1, 0.15) is 6.61 Å². The van der Waals surface area contributed by atoms with Crippen molar-refractivity contribution in [3.63, 3.8) is 0 Å². The van der Waals surface area contributed by atoms with Crippen molar-refractivity contribution in [1.29, 1.82) is 0 Å². The number of hydrogen-bond acceptors (Lipinski definition) is 9. The van der Waals surface area contributed by atoms with E-state index in [0.29, 0.717) is 49.4 Å². The topological polar surface area (TPSA) is 124 Å². The molecular formula is C24H41N5O5. The van der Waals surface area contributed by atoms with Crippen molar-refractivity contribution in [2.75, 3.05) is 39.8 Å². The second-order valence-electron chi connectivity index (χ2n) is 6.87. The summed E-state index contributed by atoms with van der Waals surface area (Å²) < 4.78 is 21.4. The molecule has 2 N–H and O–H groups in total. The van der Waals surface area contributed by atoms with E-state index in [2.05, 4.69) is 45.8 Å². The summed E-state index contributed by atoms with van der Waals surface area (Å²) in [5.41, 5.74) is 6.86. The first-order valence-corrected chi connectivity index (χ1v) is 10.8. The van der Waals surface area contributed by atoms with Crippen LogP contribution in [0.2, 0.25) is 0 Å². The van der Waals surface area contributed by atoms with Crippen molar-refractivity contribution in [2.24, 2.45) is 13.0 Å². The minimum absolute atomic E-state index is 0.197. The van der Waals surface area contributed by atoms with Crippen molar-refractivity contribution in [2.45, 2.75) is 34.1 Å². The molecule has 10 heteroatoms. The third kappa shape index (κ3) is 14.6. The Morgan fingerprint density at radius 1 is 1.15 bits per heavy atom. The largest absolute Gasteiger partial charge is 0.468 e. The Bertz CT molecular complexity index is 850. The van der Waals surface area contributed by atoms with E-state index in [0.717, 1.165) is 6.42 Å². The van der Waals surface area contributed by atoms with E-state index in [1.165, 1.54) is 7.11 Å². The summed E-state index contributed by atoms with van der Waals surface area (Å²) >= 11 is 0.